The number of carbonyl (C=O) groups is 2. The van der Waals surface area contributed by atoms with Crippen LogP contribution in [0.4, 0.5) is 4.79 Å². The number of nitrogens with two attached hydrogens (primary N) is 1. The zero-order chi connectivity index (χ0) is 20.0. The van der Waals surface area contributed by atoms with Gasteiger partial charge in [0.05, 0.1) is 4.90 Å². The number of likely N-dealkylation sites (tertiary alicyclic amines) is 1. The summed E-state index contributed by atoms with van der Waals surface area (Å²) in [6, 6.07) is 6.33. The van der Waals surface area contributed by atoms with Crippen LogP contribution in [-0.2, 0) is 21.2 Å². The Bertz CT molecular complexity index is 754. The van der Waals surface area contributed by atoms with Crippen LogP contribution in [0.1, 0.15) is 32.3 Å². The Kier molecular flexibility index (Phi) is 7.20. The molecule has 1 aliphatic rings. The zero-order valence-electron chi connectivity index (χ0n) is 15.8. The summed E-state index contributed by atoms with van der Waals surface area (Å²) < 4.78 is 22.5. The minimum absolute atomic E-state index is 0.0000684. The molecule has 1 saturated heterocycles. The number of sulfonamides is 1. The lowest BCUT2D eigenvalue weighted by atomic mass is 9.96. The molecule has 150 valence electrons. The number of nitrogens with one attached hydrogen (secondary N) is 2. The van der Waals surface area contributed by atoms with Gasteiger partial charge in [0, 0.05) is 31.6 Å². The van der Waals surface area contributed by atoms with Crippen molar-refractivity contribution in [1.29, 1.82) is 0 Å². The Morgan fingerprint density at radius 3 is 2.30 bits per heavy atom. The SMILES string of the molecule is CC(C)NC(=O)N1CCC(C(=O)NCCc2ccc(S(N)(=O)=O)cc2)CC1. The van der Waals surface area contributed by atoms with Gasteiger partial charge in [-0.15, -0.1) is 0 Å². The number of urea groups is 1. The molecule has 1 heterocycles. The van der Waals surface area contributed by atoms with E-state index in [1.807, 2.05) is 13.8 Å². The van der Waals surface area contributed by atoms with E-state index in [1.54, 1.807) is 17.0 Å². The van der Waals surface area contributed by atoms with Crippen molar-refractivity contribution in [2.24, 2.45) is 11.1 Å². The molecule has 0 bridgehead atoms. The van der Waals surface area contributed by atoms with Crippen molar-refractivity contribution in [2.75, 3.05) is 19.6 Å². The number of hydrogen-bond donors (Lipinski definition) is 3. The molecule has 1 aliphatic heterocycles. The van der Waals surface area contributed by atoms with Gasteiger partial charge in [-0.2, -0.15) is 0 Å². The number of nitrogens with zero attached hydrogens (tertiary/aromatic N) is 1. The largest absolute Gasteiger partial charge is 0.356 e. The van der Waals surface area contributed by atoms with E-state index in [4.69, 9.17) is 5.14 Å². The van der Waals surface area contributed by atoms with Gasteiger partial charge in [-0.05, 0) is 50.8 Å². The first-order valence-electron chi connectivity index (χ1n) is 9.11. The maximum absolute atomic E-state index is 12.3. The van der Waals surface area contributed by atoms with Crippen molar-refractivity contribution in [3.05, 3.63) is 29.8 Å². The molecule has 0 spiro atoms. The van der Waals surface area contributed by atoms with Crippen LogP contribution >= 0.6 is 0 Å². The highest BCUT2D eigenvalue weighted by Gasteiger charge is 2.27. The van der Waals surface area contributed by atoms with E-state index >= 15 is 0 Å². The molecule has 1 fully saturated rings. The van der Waals surface area contributed by atoms with Gasteiger partial charge in [-0.3, -0.25) is 4.79 Å². The predicted molar refractivity (Wildman–Crippen MR) is 102 cm³/mol. The first-order valence-corrected chi connectivity index (χ1v) is 10.7. The smallest absolute Gasteiger partial charge is 0.317 e. The Balaban J connectivity index is 1.73. The molecule has 0 aromatic heterocycles. The summed E-state index contributed by atoms with van der Waals surface area (Å²) in [6.45, 7) is 5.46. The van der Waals surface area contributed by atoms with E-state index in [2.05, 4.69) is 10.6 Å². The topological polar surface area (TPSA) is 122 Å². The number of hydrogen-bond acceptors (Lipinski definition) is 4. The van der Waals surface area contributed by atoms with Crippen LogP contribution in [0.15, 0.2) is 29.2 Å². The Morgan fingerprint density at radius 2 is 1.78 bits per heavy atom. The van der Waals surface area contributed by atoms with Crippen LogP contribution in [0, 0.1) is 5.92 Å². The Morgan fingerprint density at radius 1 is 1.19 bits per heavy atom. The van der Waals surface area contributed by atoms with Crippen molar-refractivity contribution >= 4 is 22.0 Å². The van der Waals surface area contributed by atoms with Crippen molar-refractivity contribution < 1.29 is 18.0 Å². The molecule has 4 N–H and O–H groups in total. The Hall–Kier alpha value is -2.13. The fraction of sp³-hybridized carbons (Fsp3) is 0.556. The third kappa shape index (κ3) is 6.51. The zero-order valence-corrected chi connectivity index (χ0v) is 16.6. The second-order valence-electron chi connectivity index (χ2n) is 7.10. The van der Waals surface area contributed by atoms with E-state index in [1.165, 1.54) is 12.1 Å². The van der Waals surface area contributed by atoms with Crippen LogP contribution in [0.25, 0.3) is 0 Å². The summed E-state index contributed by atoms with van der Waals surface area (Å²) in [4.78, 5) is 26.1. The molecular weight excluding hydrogens is 368 g/mol. The molecule has 0 unspecified atom stereocenters. The third-order valence-corrected chi connectivity index (χ3v) is 5.46. The van der Waals surface area contributed by atoms with E-state index < -0.39 is 10.0 Å². The summed E-state index contributed by atoms with van der Waals surface area (Å²) >= 11 is 0. The fourth-order valence-electron chi connectivity index (χ4n) is 3.00. The highest BCUT2D eigenvalue weighted by Crippen LogP contribution is 2.17. The normalized spacial score (nSPS) is 15.6. The van der Waals surface area contributed by atoms with Crippen LogP contribution in [0.2, 0.25) is 0 Å². The summed E-state index contributed by atoms with van der Waals surface area (Å²) in [5, 5.41) is 10.9. The molecule has 0 radical (unpaired) electrons. The molecule has 27 heavy (non-hydrogen) atoms. The molecule has 0 atom stereocenters. The summed E-state index contributed by atoms with van der Waals surface area (Å²) in [5.74, 6) is -0.0852. The third-order valence-electron chi connectivity index (χ3n) is 4.53. The second kappa shape index (κ2) is 9.18. The van der Waals surface area contributed by atoms with E-state index in [0.29, 0.717) is 38.9 Å². The molecule has 9 heteroatoms. The molecule has 1 aromatic carbocycles. The van der Waals surface area contributed by atoms with Crippen molar-refractivity contribution in [1.82, 2.24) is 15.5 Å². The molecule has 1 aromatic rings. The van der Waals surface area contributed by atoms with Gasteiger partial charge in [0.1, 0.15) is 0 Å². The quantitative estimate of drug-likeness (QED) is 0.659. The minimum atomic E-state index is -3.69. The van der Waals surface area contributed by atoms with Gasteiger partial charge in [0.2, 0.25) is 15.9 Å². The minimum Gasteiger partial charge on any atom is -0.356 e. The average molecular weight is 397 g/mol. The van der Waals surface area contributed by atoms with Crippen molar-refractivity contribution in [3.63, 3.8) is 0 Å². The molecule has 8 nitrogen and oxygen atoms in total. The summed E-state index contributed by atoms with van der Waals surface area (Å²) in [6.07, 6.45) is 1.91. The monoisotopic (exact) mass is 396 g/mol. The van der Waals surface area contributed by atoms with Gasteiger partial charge >= 0.3 is 6.03 Å². The molecular formula is C18H28N4O4S. The number of rotatable bonds is 6. The lowest BCUT2D eigenvalue weighted by Crippen LogP contribution is -2.48. The highest BCUT2D eigenvalue weighted by molar-refractivity contribution is 7.89. The number of amides is 3. The fourth-order valence-corrected chi connectivity index (χ4v) is 3.52. The van der Waals surface area contributed by atoms with E-state index in [-0.39, 0.29) is 28.8 Å². The number of piperidine rings is 1. The Labute approximate surface area is 160 Å². The van der Waals surface area contributed by atoms with Crippen molar-refractivity contribution in [3.8, 4) is 0 Å². The van der Waals surface area contributed by atoms with Crippen molar-refractivity contribution in [2.45, 2.75) is 44.0 Å². The standard InChI is InChI=1S/C18H28N4O4S/c1-13(2)21-18(24)22-11-8-15(9-12-22)17(23)20-10-7-14-3-5-16(6-4-14)27(19,25)26/h3-6,13,15H,7-12H2,1-2H3,(H,20,23)(H,21,24)(H2,19,25,26). The molecule has 3 amide bonds. The first kappa shape index (κ1) is 21.2. The van der Waals surface area contributed by atoms with Crippen LogP contribution in [0.3, 0.4) is 0 Å². The van der Waals surface area contributed by atoms with E-state index in [9.17, 15) is 18.0 Å². The number of primary sulfonamides is 1. The number of benzene rings is 1. The van der Waals surface area contributed by atoms with Gasteiger partial charge < -0.3 is 15.5 Å². The van der Waals surface area contributed by atoms with Gasteiger partial charge in [0.15, 0.2) is 0 Å². The van der Waals surface area contributed by atoms with Crippen LogP contribution < -0.4 is 15.8 Å². The average Bonchev–Trinajstić information content (AvgIpc) is 2.61. The first-order chi connectivity index (χ1) is 12.7. The highest BCUT2D eigenvalue weighted by atomic mass is 32.2. The molecule has 0 aliphatic carbocycles. The van der Waals surface area contributed by atoms with Gasteiger partial charge in [-0.1, -0.05) is 12.1 Å². The van der Waals surface area contributed by atoms with Gasteiger partial charge in [-0.25, -0.2) is 18.4 Å². The molecule has 2 rings (SSSR count). The van der Waals surface area contributed by atoms with Gasteiger partial charge in [0.25, 0.3) is 0 Å². The maximum atomic E-state index is 12.3. The lowest BCUT2D eigenvalue weighted by Gasteiger charge is -2.32. The van der Waals surface area contributed by atoms with Crippen LogP contribution in [0.5, 0.6) is 0 Å². The van der Waals surface area contributed by atoms with E-state index in [0.717, 1.165) is 5.56 Å². The molecule has 0 saturated carbocycles. The maximum Gasteiger partial charge on any atom is 0.317 e. The second-order valence-corrected chi connectivity index (χ2v) is 8.66. The summed E-state index contributed by atoms with van der Waals surface area (Å²) in [7, 11) is -3.69. The van der Waals surface area contributed by atoms with Crippen LogP contribution in [-0.4, -0.2) is 50.9 Å². The summed E-state index contributed by atoms with van der Waals surface area (Å²) in [5.41, 5.74) is 0.919. The lowest BCUT2D eigenvalue weighted by molar-refractivity contribution is -0.126. The predicted octanol–water partition coefficient (Wildman–Crippen LogP) is 0.823. The number of carbonyl (C=O) groups excluding carboxylic acids is 2.